The van der Waals surface area contributed by atoms with Crippen LogP contribution in [0.25, 0.3) is 0 Å². The number of allylic oxidation sites excluding steroid dienone is 4. The maximum Gasteiger partial charge on any atom is -0.0167 e. The molecule has 0 aliphatic heterocycles. The van der Waals surface area contributed by atoms with Crippen molar-refractivity contribution in [2.45, 2.75) is 33.1 Å². The summed E-state index contributed by atoms with van der Waals surface area (Å²) in [6.07, 6.45) is 10.7. The lowest BCUT2D eigenvalue weighted by atomic mass is 9.98. The summed E-state index contributed by atoms with van der Waals surface area (Å²) in [5.41, 5.74) is 1.55. The molecule has 0 radical (unpaired) electrons. The van der Waals surface area contributed by atoms with Crippen LogP contribution in [0.1, 0.15) is 33.1 Å². The summed E-state index contributed by atoms with van der Waals surface area (Å²) in [6, 6.07) is 0. The zero-order valence-corrected chi connectivity index (χ0v) is 6.93. The average molecular weight is 136 g/mol. The molecular weight excluding hydrogens is 120 g/mol. The minimum absolute atomic E-state index is 0.781. The minimum Gasteiger partial charge on any atom is -0.0854 e. The Balaban J connectivity index is 2.51. The molecule has 0 amide bonds. The van der Waals surface area contributed by atoms with Crippen molar-refractivity contribution in [3.8, 4) is 0 Å². The molecule has 56 valence electrons. The second-order valence-electron chi connectivity index (χ2n) is 3.23. The molecule has 0 saturated carbocycles. The zero-order valence-electron chi connectivity index (χ0n) is 6.93. The summed E-state index contributed by atoms with van der Waals surface area (Å²) < 4.78 is 0. The molecule has 0 aromatic carbocycles. The third kappa shape index (κ3) is 2.38. The molecule has 0 spiro atoms. The second-order valence-corrected chi connectivity index (χ2v) is 3.23. The van der Waals surface area contributed by atoms with Gasteiger partial charge in [0.05, 0.1) is 0 Å². The largest absolute Gasteiger partial charge is 0.0854 e. The average Bonchev–Trinajstić information content (AvgIpc) is 1.90. The van der Waals surface area contributed by atoms with Crippen molar-refractivity contribution in [1.82, 2.24) is 0 Å². The molecule has 1 atom stereocenters. The quantitative estimate of drug-likeness (QED) is 0.448. The van der Waals surface area contributed by atoms with Crippen LogP contribution in [0, 0.1) is 5.92 Å². The van der Waals surface area contributed by atoms with Gasteiger partial charge in [0.15, 0.2) is 0 Å². The topological polar surface area (TPSA) is 0 Å². The predicted molar refractivity (Wildman–Crippen MR) is 45.9 cm³/mol. The van der Waals surface area contributed by atoms with Gasteiger partial charge in [-0.1, -0.05) is 30.7 Å². The molecule has 0 heteroatoms. The van der Waals surface area contributed by atoms with E-state index < -0.39 is 0 Å². The molecule has 0 saturated heterocycles. The molecule has 0 heterocycles. The summed E-state index contributed by atoms with van der Waals surface area (Å²) in [6.45, 7) is 4.51. The highest BCUT2D eigenvalue weighted by molar-refractivity contribution is 5.05. The van der Waals surface area contributed by atoms with Crippen molar-refractivity contribution in [3.05, 3.63) is 23.8 Å². The van der Waals surface area contributed by atoms with E-state index in [2.05, 4.69) is 32.1 Å². The van der Waals surface area contributed by atoms with Gasteiger partial charge in [0.1, 0.15) is 0 Å². The molecule has 0 fully saturated rings. The van der Waals surface area contributed by atoms with Gasteiger partial charge in [-0.25, -0.2) is 0 Å². The molecule has 0 N–H and O–H groups in total. The van der Waals surface area contributed by atoms with Crippen molar-refractivity contribution in [1.29, 1.82) is 0 Å². The first-order valence-electron chi connectivity index (χ1n) is 4.11. The molecule has 1 aliphatic rings. The fourth-order valence-electron chi connectivity index (χ4n) is 1.23. The maximum atomic E-state index is 2.32. The van der Waals surface area contributed by atoms with E-state index >= 15 is 0 Å². The summed E-state index contributed by atoms with van der Waals surface area (Å²) in [5, 5.41) is 0. The smallest absolute Gasteiger partial charge is 0.0167 e. The summed E-state index contributed by atoms with van der Waals surface area (Å²) in [5.74, 6) is 0.781. The van der Waals surface area contributed by atoms with Crippen LogP contribution in [0.4, 0.5) is 0 Å². The lowest BCUT2D eigenvalue weighted by Gasteiger charge is -2.08. The van der Waals surface area contributed by atoms with Gasteiger partial charge in [-0.3, -0.25) is 0 Å². The van der Waals surface area contributed by atoms with E-state index in [-0.39, 0.29) is 0 Å². The SMILES string of the molecule is C/C1=C/C/C=C\C(C)CC1. The normalized spacial score (nSPS) is 35.4. The standard InChI is InChI=1S/C10H16/c1-9-5-3-4-6-10(2)8-7-9/h3,5-6,9H,4,7-8H2,1-2H3/b5-3-,10-6-. The van der Waals surface area contributed by atoms with Gasteiger partial charge in [-0.2, -0.15) is 0 Å². The van der Waals surface area contributed by atoms with Gasteiger partial charge >= 0.3 is 0 Å². The summed E-state index contributed by atoms with van der Waals surface area (Å²) in [7, 11) is 0. The van der Waals surface area contributed by atoms with E-state index in [0.717, 1.165) is 12.3 Å². The van der Waals surface area contributed by atoms with E-state index in [1.165, 1.54) is 12.8 Å². The van der Waals surface area contributed by atoms with E-state index in [4.69, 9.17) is 0 Å². The highest BCUT2D eigenvalue weighted by Gasteiger charge is 1.99. The fraction of sp³-hybridized carbons (Fsp3) is 0.600. The fourth-order valence-corrected chi connectivity index (χ4v) is 1.23. The molecule has 1 unspecified atom stereocenters. The van der Waals surface area contributed by atoms with E-state index in [0.29, 0.717) is 0 Å². The second kappa shape index (κ2) is 3.60. The first kappa shape index (κ1) is 7.59. The molecule has 0 nitrogen and oxygen atoms in total. The van der Waals surface area contributed by atoms with Crippen molar-refractivity contribution < 1.29 is 0 Å². The molecule has 0 aromatic heterocycles. The Hall–Kier alpha value is -0.520. The van der Waals surface area contributed by atoms with Crippen LogP contribution in [0.5, 0.6) is 0 Å². The van der Waals surface area contributed by atoms with Crippen LogP contribution < -0.4 is 0 Å². The van der Waals surface area contributed by atoms with Gasteiger partial charge in [0, 0.05) is 0 Å². The molecule has 10 heavy (non-hydrogen) atoms. The van der Waals surface area contributed by atoms with Gasteiger partial charge < -0.3 is 0 Å². The molecule has 1 aliphatic carbocycles. The van der Waals surface area contributed by atoms with Gasteiger partial charge in [0.2, 0.25) is 0 Å². The Kier molecular flexibility index (Phi) is 2.73. The predicted octanol–water partition coefficient (Wildman–Crippen LogP) is 3.31. The van der Waals surface area contributed by atoms with Crippen molar-refractivity contribution >= 4 is 0 Å². The molecular formula is C10H16. The van der Waals surface area contributed by atoms with E-state index in [1.54, 1.807) is 5.57 Å². The molecule has 0 aromatic rings. The molecule has 1 rings (SSSR count). The maximum absolute atomic E-state index is 2.32. The number of rotatable bonds is 0. The van der Waals surface area contributed by atoms with Gasteiger partial charge in [0.25, 0.3) is 0 Å². The van der Waals surface area contributed by atoms with E-state index in [1.807, 2.05) is 0 Å². The van der Waals surface area contributed by atoms with Crippen LogP contribution in [0.2, 0.25) is 0 Å². The minimum atomic E-state index is 0.781. The van der Waals surface area contributed by atoms with E-state index in [9.17, 15) is 0 Å². The highest BCUT2D eigenvalue weighted by Crippen LogP contribution is 2.16. The van der Waals surface area contributed by atoms with Gasteiger partial charge in [-0.05, 0) is 32.1 Å². The van der Waals surface area contributed by atoms with Crippen LogP contribution in [-0.4, -0.2) is 0 Å². The first-order valence-corrected chi connectivity index (χ1v) is 4.11. The first-order chi connectivity index (χ1) is 4.79. The number of hydrogen-bond acceptors (Lipinski definition) is 0. The Morgan fingerprint density at radius 1 is 1.50 bits per heavy atom. The van der Waals surface area contributed by atoms with Crippen molar-refractivity contribution in [2.75, 3.05) is 0 Å². The Labute approximate surface area is 63.6 Å². The van der Waals surface area contributed by atoms with Crippen molar-refractivity contribution in [3.63, 3.8) is 0 Å². The number of hydrogen-bond donors (Lipinski definition) is 0. The molecule has 0 bridgehead atoms. The van der Waals surface area contributed by atoms with Gasteiger partial charge in [-0.15, -0.1) is 0 Å². The summed E-state index contributed by atoms with van der Waals surface area (Å²) in [4.78, 5) is 0. The summed E-state index contributed by atoms with van der Waals surface area (Å²) >= 11 is 0. The van der Waals surface area contributed by atoms with Crippen molar-refractivity contribution in [2.24, 2.45) is 5.92 Å². The van der Waals surface area contributed by atoms with Crippen LogP contribution >= 0.6 is 0 Å². The Bertz CT molecular complexity index is 151. The van der Waals surface area contributed by atoms with Crippen LogP contribution in [0.3, 0.4) is 0 Å². The Morgan fingerprint density at radius 3 is 3.10 bits per heavy atom. The lowest BCUT2D eigenvalue weighted by Crippen LogP contribution is -1.92. The zero-order chi connectivity index (χ0) is 7.40. The monoisotopic (exact) mass is 136 g/mol. The van der Waals surface area contributed by atoms with Crippen LogP contribution in [0.15, 0.2) is 23.8 Å². The third-order valence-corrected chi connectivity index (χ3v) is 2.06. The Morgan fingerprint density at radius 2 is 2.30 bits per heavy atom. The van der Waals surface area contributed by atoms with Crippen LogP contribution in [-0.2, 0) is 0 Å². The third-order valence-electron chi connectivity index (χ3n) is 2.06. The lowest BCUT2D eigenvalue weighted by molar-refractivity contribution is 0.638. The highest BCUT2D eigenvalue weighted by atomic mass is 14.0.